The average Bonchev–Trinajstić information content (AvgIpc) is 2.57. The van der Waals surface area contributed by atoms with E-state index in [9.17, 15) is 9.36 Å². The van der Waals surface area contributed by atoms with E-state index < -0.39 is 19.7 Å². The molecule has 0 saturated heterocycles. The third-order valence-electron chi connectivity index (χ3n) is 4.36. The predicted octanol–water partition coefficient (Wildman–Crippen LogP) is 5.74. The van der Waals surface area contributed by atoms with Crippen molar-refractivity contribution in [3.63, 3.8) is 0 Å². The van der Waals surface area contributed by atoms with Crippen molar-refractivity contribution in [2.24, 2.45) is 0 Å². The second kappa shape index (κ2) is 17.8. The molecule has 2 N–H and O–H groups in total. The molecular weight excluding hydrogens is 351 g/mol. The largest absolute Gasteiger partial charge is 0.462 e. The molecule has 0 aliphatic rings. The minimum Gasteiger partial charge on any atom is -0.462 e. The second-order valence-corrected chi connectivity index (χ2v) is 8.77. The summed E-state index contributed by atoms with van der Waals surface area (Å²) in [7, 11) is -4.09. The fraction of sp³-hybridized carbons (Fsp3) is 0.850. The zero-order valence-electron chi connectivity index (χ0n) is 16.5. The average molecular weight is 391 g/mol. The van der Waals surface area contributed by atoms with Crippen LogP contribution in [0.4, 0.5) is 0 Å². The Balaban J connectivity index is 3.27. The van der Waals surface area contributed by atoms with Crippen LogP contribution in [0.1, 0.15) is 96.8 Å². The fourth-order valence-electron chi connectivity index (χ4n) is 2.77. The Morgan fingerprint density at radius 3 is 1.77 bits per heavy atom. The Morgan fingerprint density at radius 2 is 1.31 bits per heavy atom. The third-order valence-corrected chi connectivity index (χ3v) is 5.12. The molecule has 154 valence electrons. The highest BCUT2D eigenvalue weighted by molar-refractivity contribution is 7.51. The Kier molecular flexibility index (Phi) is 17.3. The molecule has 5 nitrogen and oxygen atoms in total. The summed E-state index contributed by atoms with van der Waals surface area (Å²) in [5.74, 6) is -0.534. The molecule has 0 rings (SSSR count). The van der Waals surface area contributed by atoms with Gasteiger partial charge in [0, 0.05) is 6.08 Å². The Hall–Kier alpha value is -0.640. The summed E-state index contributed by atoms with van der Waals surface area (Å²) in [6, 6.07) is 0. The lowest BCUT2D eigenvalue weighted by atomic mass is 10.0. The first-order valence-corrected chi connectivity index (χ1v) is 12.1. The van der Waals surface area contributed by atoms with E-state index in [0.717, 1.165) is 12.8 Å². The number of carbonyl (C=O) groups is 1. The van der Waals surface area contributed by atoms with Gasteiger partial charge in [0.25, 0.3) is 0 Å². The molecule has 0 unspecified atom stereocenters. The van der Waals surface area contributed by atoms with Crippen molar-refractivity contribution in [2.75, 3.05) is 12.8 Å². The van der Waals surface area contributed by atoms with E-state index in [1.54, 1.807) is 6.08 Å². The molecule has 0 atom stereocenters. The first kappa shape index (κ1) is 25.4. The highest BCUT2D eigenvalue weighted by atomic mass is 31.2. The molecule has 26 heavy (non-hydrogen) atoms. The van der Waals surface area contributed by atoms with Crippen molar-refractivity contribution in [3.8, 4) is 0 Å². The number of hydrogen-bond acceptors (Lipinski definition) is 3. The fourth-order valence-corrected chi connectivity index (χ4v) is 3.10. The first-order valence-electron chi connectivity index (χ1n) is 10.3. The van der Waals surface area contributed by atoms with E-state index in [1.807, 2.05) is 0 Å². The van der Waals surface area contributed by atoms with Crippen molar-refractivity contribution >= 4 is 13.6 Å². The van der Waals surface area contributed by atoms with Gasteiger partial charge in [-0.25, -0.2) is 4.79 Å². The van der Waals surface area contributed by atoms with Crippen molar-refractivity contribution < 1.29 is 23.9 Å². The van der Waals surface area contributed by atoms with Crippen LogP contribution in [0.15, 0.2) is 12.2 Å². The zero-order chi connectivity index (χ0) is 19.5. The molecule has 0 aromatic heterocycles. The minimum absolute atomic E-state index is 0.244. The molecule has 0 heterocycles. The lowest BCUT2D eigenvalue weighted by molar-refractivity contribution is -0.137. The smallest absolute Gasteiger partial charge is 0.330 e. The topological polar surface area (TPSA) is 83.8 Å². The van der Waals surface area contributed by atoms with Crippen LogP contribution >= 0.6 is 7.60 Å². The molecular formula is C20H39O5P. The Morgan fingerprint density at radius 1 is 0.846 bits per heavy atom. The molecule has 0 aliphatic heterocycles. The summed E-state index contributed by atoms with van der Waals surface area (Å²) in [4.78, 5) is 28.6. The molecule has 6 heteroatoms. The quantitative estimate of drug-likeness (QED) is 0.135. The van der Waals surface area contributed by atoms with E-state index >= 15 is 0 Å². The van der Waals surface area contributed by atoms with Crippen LogP contribution < -0.4 is 0 Å². The summed E-state index contributed by atoms with van der Waals surface area (Å²) < 4.78 is 15.3. The number of allylic oxidation sites excluding steroid dienone is 1. The van der Waals surface area contributed by atoms with Crippen LogP contribution in [0, 0.1) is 0 Å². The van der Waals surface area contributed by atoms with Crippen molar-refractivity contribution in [2.45, 2.75) is 96.8 Å². The highest BCUT2D eigenvalue weighted by Gasteiger charge is 2.12. The maximum absolute atomic E-state index is 11.3. The van der Waals surface area contributed by atoms with Crippen LogP contribution in [0.5, 0.6) is 0 Å². The number of carbonyl (C=O) groups excluding carboxylic acids is 1. The lowest BCUT2D eigenvalue weighted by Gasteiger charge is -2.03. The molecule has 0 aromatic rings. The second-order valence-electron chi connectivity index (χ2n) is 6.99. The van der Waals surface area contributed by atoms with Gasteiger partial charge in [0.05, 0.1) is 6.16 Å². The molecule has 0 fully saturated rings. The Labute approximate surface area is 159 Å². The van der Waals surface area contributed by atoms with Gasteiger partial charge in [0.15, 0.2) is 0 Å². The maximum Gasteiger partial charge on any atom is 0.330 e. The summed E-state index contributed by atoms with van der Waals surface area (Å²) >= 11 is 0. The van der Waals surface area contributed by atoms with E-state index in [2.05, 4.69) is 6.92 Å². The van der Waals surface area contributed by atoms with Gasteiger partial charge in [-0.1, -0.05) is 90.0 Å². The lowest BCUT2D eigenvalue weighted by Crippen LogP contribution is -2.06. The molecule has 0 aliphatic carbocycles. The van der Waals surface area contributed by atoms with E-state index in [-0.39, 0.29) is 6.61 Å². The van der Waals surface area contributed by atoms with Gasteiger partial charge in [-0.3, -0.25) is 4.57 Å². The van der Waals surface area contributed by atoms with Crippen LogP contribution in [-0.4, -0.2) is 28.5 Å². The molecule has 0 aromatic carbocycles. The van der Waals surface area contributed by atoms with Crippen LogP contribution in [0.2, 0.25) is 0 Å². The van der Waals surface area contributed by atoms with Gasteiger partial charge in [0.1, 0.15) is 6.61 Å². The third kappa shape index (κ3) is 21.4. The molecule has 0 bridgehead atoms. The highest BCUT2D eigenvalue weighted by Crippen LogP contribution is 2.33. The van der Waals surface area contributed by atoms with E-state index in [4.69, 9.17) is 14.5 Å². The van der Waals surface area contributed by atoms with Crippen molar-refractivity contribution in [1.29, 1.82) is 0 Å². The Bertz CT molecular complexity index is 403. The normalized spacial score (nSPS) is 12.0. The van der Waals surface area contributed by atoms with Gasteiger partial charge in [-0.15, -0.1) is 0 Å². The van der Waals surface area contributed by atoms with Crippen molar-refractivity contribution in [3.05, 3.63) is 12.2 Å². The van der Waals surface area contributed by atoms with E-state index in [1.165, 1.54) is 83.1 Å². The summed E-state index contributed by atoms with van der Waals surface area (Å²) in [6.07, 6.45) is 20.7. The number of rotatable bonds is 18. The van der Waals surface area contributed by atoms with Crippen molar-refractivity contribution in [1.82, 2.24) is 0 Å². The van der Waals surface area contributed by atoms with Crippen LogP contribution in [0.25, 0.3) is 0 Å². The SMILES string of the molecule is CCCCCCCCCCCCCCCC=CC(=O)OCCP(=O)(O)O. The van der Waals surface area contributed by atoms with Gasteiger partial charge in [-0.2, -0.15) is 0 Å². The maximum atomic E-state index is 11.3. The molecule has 0 amide bonds. The zero-order valence-corrected chi connectivity index (χ0v) is 17.4. The molecule has 0 saturated carbocycles. The number of hydrogen-bond donors (Lipinski definition) is 2. The molecule has 0 radical (unpaired) electrons. The summed E-state index contributed by atoms with van der Waals surface area (Å²) in [5.41, 5.74) is 0. The predicted molar refractivity (Wildman–Crippen MR) is 107 cm³/mol. The van der Waals surface area contributed by atoms with Crippen LogP contribution in [-0.2, 0) is 14.1 Å². The number of unbranched alkanes of at least 4 members (excludes halogenated alkanes) is 13. The van der Waals surface area contributed by atoms with E-state index in [0.29, 0.717) is 0 Å². The minimum atomic E-state index is -4.09. The monoisotopic (exact) mass is 390 g/mol. The van der Waals surface area contributed by atoms with Gasteiger partial charge in [0.2, 0.25) is 0 Å². The number of ether oxygens (including phenoxy) is 1. The van der Waals surface area contributed by atoms with Gasteiger partial charge in [-0.05, 0) is 12.8 Å². The van der Waals surface area contributed by atoms with Crippen LogP contribution in [0.3, 0.4) is 0 Å². The van der Waals surface area contributed by atoms with Gasteiger partial charge >= 0.3 is 13.6 Å². The standard InChI is InChI=1S/C20H39O5P/c1-2-3-4-5-6-7-8-9-10-11-12-13-14-15-16-17-20(21)25-18-19-26(22,23)24/h16-17H,2-15,18-19H2,1H3,(H2,22,23,24). The first-order chi connectivity index (χ1) is 12.5. The summed E-state index contributed by atoms with van der Waals surface area (Å²) in [6.45, 7) is 2.01. The summed E-state index contributed by atoms with van der Waals surface area (Å²) in [5, 5.41) is 0. The van der Waals surface area contributed by atoms with Gasteiger partial charge < -0.3 is 14.5 Å². The molecule has 0 spiro atoms. The number of esters is 1.